The SMILES string of the molecule is O=C(CCl)c1c(O)cc(Cl)cc1C(F)(F)F. The molecule has 1 N–H and O–H groups in total. The quantitative estimate of drug-likeness (QED) is 0.661. The second kappa shape index (κ2) is 4.51. The Labute approximate surface area is 98.6 Å². The molecule has 0 aromatic heterocycles. The average Bonchev–Trinajstić information content (AvgIpc) is 2.14. The summed E-state index contributed by atoms with van der Waals surface area (Å²) in [6.45, 7) is 0. The van der Waals surface area contributed by atoms with Gasteiger partial charge in [0, 0.05) is 5.02 Å². The first-order valence-corrected chi connectivity index (χ1v) is 4.87. The molecule has 0 aliphatic rings. The van der Waals surface area contributed by atoms with Crippen molar-refractivity contribution in [3.63, 3.8) is 0 Å². The number of benzene rings is 1. The molecule has 1 aromatic carbocycles. The van der Waals surface area contributed by atoms with E-state index in [2.05, 4.69) is 0 Å². The predicted molar refractivity (Wildman–Crippen MR) is 53.2 cm³/mol. The number of aromatic hydroxyl groups is 1. The minimum Gasteiger partial charge on any atom is -0.507 e. The Hall–Kier alpha value is -0.940. The van der Waals surface area contributed by atoms with Crippen molar-refractivity contribution in [1.29, 1.82) is 0 Å². The van der Waals surface area contributed by atoms with E-state index in [-0.39, 0.29) is 5.02 Å². The molecule has 0 saturated heterocycles. The Morgan fingerprint density at radius 3 is 2.38 bits per heavy atom. The van der Waals surface area contributed by atoms with Gasteiger partial charge in [0.2, 0.25) is 0 Å². The maximum absolute atomic E-state index is 12.5. The maximum Gasteiger partial charge on any atom is 0.417 e. The molecule has 0 radical (unpaired) electrons. The van der Waals surface area contributed by atoms with Crippen LogP contribution in [0.2, 0.25) is 5.02 Å². The van der Waals surface area contributed by atoms with Gasteiger partial charge in [-0.05, 0) is 12.1 Å². The van der Waals surface area contributed by atoms with Crippen LogP contribution >= 0.6 is 23.2 Å². The normalized spacial score (nSPS) is 11.6. The van der Waals surface area contributed by atoms with Crippen molar-refractivity contribution in [2.75, 3.05) is 5.88 Å². The summed E-state index contributed by atoms with van der Waals surface area (Å²) < 4.78 is 37.6. The standard InChI is InChI=1S/C9H5Cl2F3O2/c10-3-7(16)8-5(9(12,13)14)1-4(11)2-6(8)15/h1-2,15H,3H2. The second-order valence-electron chi connectivity index (χ2n) is 2.90. The number of ketones is 1. The highest BCUT2D eigenvalue weighted by atomic mass is 35.5. The number of hydrogen-bond donors (Lipinski definition) is 1. The summed E-state index contributed by atoms with van der Waals surface area (Å²) in [4.78, 5) is 11.2. The maximum atomic E-state index is 12.5. The van der Waals surface area contributed by atoms with Gasteiger partial charge in [0.25, 0.3) is 0 Å². The first-order valence-electron chi connectivity index (χ1n) is 3.96. The summed E-state index contributed by atoms with van der Waals surface area (Å²) in [7, 11) is 0. The minimum absolute atomic E-state index is 0.309. The van der Waals surface area contributed by atoms with Gasteiger partial charge in [0.05, 0.1) is 17.0 Å². The van der Waals surface area contributed by atoms with Crippen LogP contribution in [0.5, 0.6) is 5.75 Å². The summed E-state index contributed by atoms with van der Waals surface area (Å²) >= 11 is 10.5. The van der Waals surface area contributed by atoms with Crippen LogP contribution in [-0.4, -0.2) is 16.8 Å². The number of phenolic OH excluding ortho intramolecular Hbond substituents is 1. The molecular formula is C9H5Cl2F3O2. The van der Waals surface area contributed by atoms with E-state index < -0.39 is 34.7 Å². The number of hydrogen-bond acceptors (Lipinski definition) is 2. The van der Waals surface area contributed by atoms with Gasteiger partial charge >= 0.3 is 6.18 Å². The minimum atomic E-state index is -4.78. The van der Waals surface area contributed by atoms with Crippen molar-refractivity contribution in [3.05, 3.63) is 28.3 Å². The van der Waals surface area contributed by atoms with E-state index in [0.29, 0.717) is 6.07 Å². The molecule has 7 heteroatoms. The third kappa shape index (κ3) is 2.59. The number of Topliss-reactive ketones (excluding diaryl/α,β-unsaturated/α-hetero) is 1. The van der Waals surface area contributed by atoms with Crippen molar-refractivity contribution in [2.45, 2.75) is 6.18 Å². The van der Waals surface area contributed by atoms with Gasteiger partial charge < -0.3 is 5.11 Å². The van der Waals surface area contributed by atoms with E-state index in [1.807, 2.05) is 0 Å². The van der Waals surface area contributed by atoms with Crippen molar-refractivity contribution in [3.8, 4) is 5.75 Å². The summed E-state index contributed by atoms with van der Waals surface area (Å²) in [5, 5.41) is 8.96. The molecule has 1 rings (SSSR count). The monoisotopic (exact) mass is 272 g/mol. The molecule has 2 nitrogen and oxygen atoms in total. The van der Waals surface area contributed by atoms with Crippen LogP contribution in [0.1, 0.15) is 15.9 Å². The zero-order valence-corrected chi connectivity index (χ0v) is 9.12. The number of rotatable bonds is 2. The molecule has 0 spiro atoms. The molecule has 0 aliphatic carbocycles. The molecule has 88 valence electrons. The molecule has 16 heavy (non-hydrogen) atoms. The van der Waals surface area contributed by atoms with E-state index in [9.17, 15) is 23.1 Å². The topological polar surface area (TPSA) is 37.3 Å². The van der Waals surface area contributed by atoms with E-state index in [1.54, 1.807) is 0 Å². The number of phenols is 1. The van der Waals surface area contributed by atoms with Gasteiger partial charge in [-0.1, -0.05) is 11.6 Å². The molecule has 0 bridgehead atoms. The van der Waals surface area contributed by atoms with Crippen LogP contribution in [0.3, 0.4) is 0 Å². The van der Waals surface area contributed by atoms with Crippen molar-refractivity contribution in [1.82, 2.24) is 0 Å². The summed E-state index contributed by atoms with van der Waals surface area (Å²) in [6.07, 6.45) is -4.78. The van der Waals surface area contributed by atoms with Gasteiger partial charge in [0.1, 0.15) is 5.75 Å². The van der Waals surface area contributed by atoms with Crippen LogP contribution in [0.25, 0.3) is 0 Å². The third-order valence-electron chi connectivity index (χ3n) is 1.79. The van der Waals surface area contributed by atoms with E-state index in [1.165, 1.54) is 0 Å². The smallest absolute Gasteiger partial charge is 0.417 e. The number of alkyl halides is 4. The first-order chi connectivity index (χ1) is 7.27. The van der Waals surface area contributed by atoms with Crippen LogP contribution in [0, 0.1) is 0 Å². The van der Waals surface area contributed by atoms with E-state index in [0.717, 1.165) is 6.07 Å². The Morgan fingerprint density at radius 1 is 1.38 bits per heavy atom. The van der Waals surface area contributed by atoms with Gasteiger partial charge in [-0.2, -0.15) is 13.2 Å². The van der Waals surface area contributed by atoms with E-state index in [4.69, 9.17) is 23.2 Å². The lowest BCUT2D eigenvalue weighted by Crippen LogP contribution is -2.14. The molecule has 1 aromatic rings. The molecule has 0 saturated carbocycles. The van der Waals surface area contributed by atoms with Crippen LogP contribution < -0.4 is 0 Å². The lowest BCUT2D eigenvalue weighted by Gasteiger charge is -2.13. The highest BCUT2D eigenvalue weighted by Crippen LogP contribution is 2.38. The molecule has 0 heterocycles. The Kier molecular flexibility index (Phi) is 3.70. The summed E-state index contributed by atoms with van der Waals surface area (Å²) in [5.74, 6) is -2.49. The van der Waals surface area contributed by atoms with Crippen LogP contribution in [-0.2, 0) is 6.18 Å². The molecule has 0 amide bonds. The van der Waals surface area contributed by atoms with Gasteiger partial charge in [0.15, 0.2) is 5.78 Å². The third-order valence-corrected chi connectivity index (χ3v) is 2.25. The molecule has 0 fully saturated rings. The fraction of sp³-hybridized carbons (Fsp3) is 0.222. The van der Waals surface area contributed by atoms with Crippen molar-refractivity contribution in [2.24, 2.45) is 0 Å². The Bertz CT molecular complexity index is 429. The zero-order chi connectivity index (χ0) is 12.5. The number of carbonyl (C=O) groups is 1. The lowest BCUT2D eigenvalue weighted by molar-refractivity contribution is -0.138. The van der Waals surface area contributed by atoms with Gasteiger partial charge in [-0.25, -0.2) is 0 Å². The second-order valence-corrected chi connectivity index (χ2v) is 3.61. The zero-order valence-electron chi connectivity index (χ0n) is 7.61. The fourth-order valence-corrected chi connectivity index (χ4v) is 1.52. The van der Waals surface area contributed by atoms with Crippen molar-refractivity contribution < 1.29 is 23.1 Å². The fourth-order valence-electron chi connectivity index (χ4n) is 1.18. The first kappa shape index (κ1) is 13.1. The Morgan fingerprint density at radius 2 is 1.94 bits per heavy atom. The average molecular weight is 273 g/mol. The highest BCUT2D eigenvalue weighted by Gasteiger charge is 2.37. The summed E-state index contributed by atoms with van der Waals surface area (Å²) in [6, 6.07) is 1.43. The molecule has 0 unspecified atom stereocenters. The molecule has 0 aliphatic heterocycles. The highest BCUT2D eigenvalue weighted by molar-refractivity contribution is 6.32. The van der Waals surface area contributed by atoms with E-state index >= 15 is 0 Å². The number of halogens is 5. The lowest BCUT2D eigenvalue weighted by atomic mass is 10.0. The molecule has 0 atom stereocenters. The predicted octanol–water partition coefficient (Wildman–Crippen LogP) is 3.49. The largest absolute Gasteiger partial charge is 0.507 e. The van der Waals surface area contributed by atoms with Gasteiger partial charge in [-0.3, -0.25) is 4.79 Å². The van der Waals surface area contributed by atoms with Crippen molar-refractivity contribution >= 4 is 29.0 Å². The van der Waals surface area contributed by atoms with Gasteiger partial charge in [-0.15, -0.1) is 11.6 Å². The van der Waals surface area contributed by atoms with Crippen LogP contribution in [0.4, 0.5) is 13.2 Å². The Balaban J connectivity index is 3.51. The number of carbonyl (C=O) groups excluding carboxylic acids is 1. The summed E-state index contributed by atoms with van der Waals surface area (Å²) in [5.41, 5.74) is -2.14. The molecular weight excluding hydrogens is 268 g/mol. The van der Waals surface area contributed by atoms with Crippen LogP contribution in [0.15, 0.2) is 12.1 Å².